The van der Waals surface area contributed by atoms with Crippen LogP contribution in [0.3, 0.4) is 0 Å². The third-order valence-corrected chi connectivity index (χ3v) is 7.91. The normalized spacial score (nSPS) is 18.6. The molecule has 7 nitrogen and oxygen atoms in total. The highest BCUT2D eigenvalue weighted by molar-refractivity contribution is 7.90. The number of urea groups is 1. The van der Waals surface area contributed by atoms with Gasteiger partial charge in [-0.15, -0.1) is 0 Å². The van der Waals surface area contributed by atoms with E-state index in [0.29, 0.717) is 37.7 Å². The molecule has 2 fully saturated rings. The Bertz CT molecular complexity index is 1310. The van der Waals surface area contributed by atoms with Gasteiger partial charge in [0, 0.05) is 50.2 Å². The van der Waals surface area contributed by atoms with Gasteiger partial charge in [-0.2, -0.15) is 13.2 Å². The summed E-state index contributed by atoms with van der Waals surface area (Å²) in [4.78, 5) is 20.5. The number of hydrogen-bond donors (Lipinski definition) is 0. The molecule has 0 spiro atoms. The van der Waals surface area contributed by atoms with Gasteiger partial charge in [-0.1, -0.05) is 0 Å². The predicted octanol–water partition coefficient (Wildman–Crippen LogP) is 4.39. The highest BCUT2D eigenvalue weighted by Crippen LogP contribution is 2.34. The van der Waals surface area contributed by atoms with Crippen LogP contribution < -0.4 is 4.90 Å². The summed E-state index contributed by atoms with van der Waals surface area (Å²) in [6, 6.07) is 0.285. The van der Waals surface area contributed by atoms with Crippen molar-refractivity contribution >= 4 is 21.7 Å². The van der Waals surface area contributed by atoms with E-state index in [2.05, 4.69) is 4.98 Å². The van der Waals surface area contributed by atoms with E-state index in [1.54, 1.807) is 4.90 Å². The molecule has 2 saturated heterocycles. The summed E-state index contributed by atoms with van der Waals surface area (Å²) in [6.07, 6.45) is -2.55. The van der Waals surface area contributed by atoms with E-state index < -0.39 is 56.0 Å². The van der Waals surface area contributed by atoms with Crippen molar-refractivity contribution in [3.63, 3.8) is 0 Å². The van der Waals surface area contributed by atoms with Crippen LogP contribution in [0, 0.1) is 17.5 Å². The molecule has 3 heterocycles. The van der Waals surface area contributed by atoms with Gasteiger partial charge in [0.1, 0.15) is 16.5 Å². The number of pyridine rings is 1. The number of carbonyl (C=O) groups excluding carboxylic acids is 1. The molecule has 1 unspecified atom stereocenters. The zero-order chi connectivity index (χ0) is 27.3. The van der Waals surface area contributed by atoms with Crippen molar-refractivity contribution in [1.29, 1.82) is 0 Å². The molecule has 202 valence electrons. The zero-order valence-electron chi connectivity index (χ0n) is 19.9. The molecule has 2 aromatic rings. The summed E-state index contributed by atoms with van der Waals surface area (Å²) in [5.41, 5.74) is -1.33. The number of sulfone groups is 1. The monoisotopic (exact) mass is 550 g/mol. The summed E-state index contributed by atoms with van der Waals surface area (Å²) < 4.78 is 105. The minimum atomic E-state index is -4.71. The lowest BCUT2D eigenvalue weighted by Crippen LogP contribution is -2.47. The second kappa shape index (κ2) is 9.69. The van der Waals surface area contributed by atoms with E-state index in [1.807, 2.05) is 0 Å². The Hall–Kier alpha value is -3.03. The number of aromatic nitrogens is 1. The molecule has 0 bridgehead atoms. The van der Waals surface area contributed by atoms with Crippen LogP contribution in [-0.4, -0.2) is 67.7 Å². The van der Waals surface area contributed by atoms with E-state index in [-0.39, 0.29) is 37.1 Å². The molecule has 2 amide bonds. The second-order valence-electron chi connectivity index (χ2n) is 9.17. The summed E-state index contributed by atoms with van der Waals surface area (Å²) in [5, 5.41) is 0. The number of nitrogens with zero attached hydrogens (tertiary/aromatic N) is 4. The average molecular weight is 551 g/mol. The molecule has 1 atom stereocenters. The van der Waals surface area contributed by atoms with E-state index in [0.717, 1.165) is 12.3 Å². The Balaban J connectivity index is 1.42. The number of amides is 2. The number of piperidine rings is 1. The van der Waals surface area contributed by atoms with Crippen molar-refractivity contribution in [3.05, 3.63) is 53.0 Å². The van der Waals surface area contributed by atoms with Crippen LogP contribution in [0.2, 0.25) is 0 Å². The molecule has 37 heavy (non-hydrogen) atoms. The summed E-state index contributed by atoms with van der Waals surface area (Å²) in [7, 11) is -3.97. The topological polar surface area (TPSA) is 73.8 Å². The standard InChI is InChI=1S/C23H24F6N4O3S/c1-13(16-10-18(25)20(11-17(16)24)37(2,35)36)32-7-8-33(22(32)34)15-3-5-31(6-4-15)21-19(26)9-14(12-30-21)23(27,28)29/h9-13,15H,3-8H2,1-2H3. The van der Waals surface area contributed by atoms with Crippen LogP contribution in [0.5, 0.6) is 0 Å². The first-order valence-electron chi connectivity index (χ1n) is 11.4. The first kappa shape index (κ1) is 27.0. The molecule has 0 N–H and O–H groups in total. The summed E-state index contributed by atoms with van der Waals surface area (Å²) in [6.45, 7) is 2.57. The molecule has 1 aromatic heterocycles. The fraction of sp³-hybridized carbons (Fsp3) is 0.478. The van der Waals surface area contributed by atoms with Crippen LogP contribution in [0.25, 0.3) is 0 Å². The molecule has 0 aliphatic carbocycles. The van der Waals surface area contributed by atoms with Crippen molar-refractivity contribution in [1.82, 2.24) is 14.8 Å². The van der Waals surface area contributed by atoms with E-state index in [1.165, 1.54) is 16.7 Å². The number of halogens is 6. The van der Waals surface area contributed by atoms with Crippen molar-refractivity contribution in [3.8, 4) is 0 Å². The molecule has 1 aromatic carbocycles. The van der Waals surface area contributed by atoms with Gasteiger partial charge in [0.2, 0.25) is 0 Å². The van der Waals surface area contributed by atoms with Crippen molar-refractivity contribution in [2.24, 2.45) is 0 Å². The van der Waals surface area contributed by atoms with Gasteiger partial charge >= 0.3 is 12.2 Å². The molecular formula is C23H24F6N4O3S. The van der Waals surface area contributed by atoms with Gasteiger partial charge in [0.05, 0.1) is 11.6 Å². The summed E-state index contributed by atoms with van der Waals surface area (Å²) in [5.74, 6) is -3.32. The number of anilines is 1. The number of benzene rings is 1. The first-order valence-corrected chi connectivity index (χ1v) is 13.3. The van der Waals surface area contributed by atoms with E-state index in [9.17, 15) is 39.6 Å². The number of rotatable bonds is 5. The van der Waals surface area contributed by atoms with E-state index >= 15 is 0 Å². The molecule has 0 radical (unpaired) electrons. The minimum Gasteiger partial charge on any atom is -0.354 e. The van der Waals surface area contributed by atoms with Crippen molar-refractivity contribution < 1.29 is 39.6 Å². The molecule has 2 aliphatic rings. The van der Waals surface area contributed by atoms with Gasteiger partial charge < -0.3 is 14.7 Å². The van der Waals surface area contributed by atoms with Gasteiger partial charge in [-0.3, -0.25) is 0 Å². The maximum atomic E-state index is 14.7. The molecule has 4 rings (SSSR count). The highest BCUT2D eigenvalue weighted by atomic mass is 32.2. The number of carbonyl (C=O) groups is 1. The third kappa shape index (κ3) is 5.34. The van der Waals surface area contributed by atoms with Crippen molar-refractivity contribution in [2.75, 3.05) is 37.3 Å². The number of alkyl halides is 3. The fourth-order valence-electron chi connectivity index (χ4n) is 4.79. The first-order chi connectivity index (χ1) is 17.2. The maximum absolute atomic E-state index is 14.7. The Morgan fingerprint density at radius 3 is 2.19 bits per heavy atom. The lowest BCUT2D eigenvalue weighted by Gasteiger charge is -2.37. The van der Waals surface area contributed by atoms with Crippen LogP contribution in [0.15, 0.2) is 29.3 Å². The Kier molecular flexibility index (Phi) is 7.08. The average Bonchev–Trinajstić information content (AvgIpc) is 3.20. The Morgan fingerprint density at radius 1 is 0.973 bits per heavy atom. The van der Waals surface area contributed by atoms with Gasteiger partial charge in [0.15, 0.2) is 21.5 Å². The molecule has 2 aliphatic heterocycles. The largest absolute Gasteiger partial charge is 0.417 e. The van der Waals surface area contributed by atoms with E-state index in [4.69, 9.17) is 0 Å². The quantitative estimate of drug-likeness (QED) is 0.517. The fourth-order valence-corrected chi connectivity index (χ4v) is 5.52. The van der Waals surface area contributed by atoms with Crippen LogP contribution in [-0.2, 0) is 16.0 Å². The minimum absolute atomic E-state index is 0.154. The van der Waals surface area contributed by atoms with Gasteiger partial charge in [-0.25, -0.2) is 31.4 Å². The number of hydrogen-bond acceptors (Lipinski definition) is 5. The Morgan fingerprint density at radius 2 is 1.62 bits per heavy atom. The van der Waals surface area contributed by atoms with Crippen LogP contribution >= 0.6 is 0 Å². The van der Waals surface area contributed by atoms with Crippen molar-refractivity contribution in [2.45, 2.75) is 42.9 Å². The molecular weight excluding hydrogens is 526 g/mol. The SMILES string of the molecule is CC(c1cc(F)c(S(C)(=O)=O)cc1F)N1CCN(C2CCN(c3ncc(C(F)(F)F)cc3F)CC2)C1=O. The zero-order valence-corrected chi connectivity index (χ0v) is 20.7. The second-order valence-corrected chi connectivity index (χ2v) is 11.2. The van der Waals surface area contributed by atoms with Crippen LogP contribution in [0.4, 0.5) is 37.0 Å². The van der Waals surface area contributed by atoms with Gasteiger partial charge in [-0.05, 0) is 38.0 Å². The predicted molar refractivity (Wildman–Crippen MR) is 121 cm³/mol. The van der Waals surface area contributed by atoms with Crippen LogP contribution in [0.1, 0.15) is 36.9 Å². The summed E-state index contributed by atoms with van der Waals surface area (Å²) >= 11 is 0. The smallest absolute Gasteiger partial charge is 0.354 e. The molecule has 14 heteroatoms. The van der Waals surface area contributed by atoms with Gasteiger partial charge in [0.25, 0.3) is 0 Å². The lowest BCUT2D eigenvalue weighted by molar-refractivity contribution is -0.138. The maximum Gasteiger partial charge on any atom is 0.417 e. The molecule has 0 saturated carbocycles. The third-order valence-electron chi connectivity index (χ3n) is 6.80. The lowest BCUT2D eigenvalue weighted by atomic mass is 10.0. The Labute approximate surface area is 209 Å². The highest BCUT2D eigenvalue weighted by Gasteiger charge is 2.39.